The Hall–Kier alpha value is -2.54. The number of amides is 2. The number of hydrogen-bond acceptors (Lipinski definition) is 4. The summed E-state index contributed by atoms with van der Waals surface area (Å²) in [5, 5.41) is 7.30. The molecular formula is C17H24N4O3. The van der Waals surface area contributed by atoms with E-state index in [1.165, 1.54) is 0 Å². The predicted octanol–water partition coefficient (Wildman–Crippen LogP) is 2.23. The molecule has 2 rings (SSSR count). The van der Waals surface area contributed by atoms with Crippen LogP contribution in [0.2, 0.25) is 0 Å². The van der Waals surface area contributed by atoms with Crippen LogP contribution in [0.25, 0.3) is 5.69 Å². The summed E-state index contributed by atoms with van der Waals surface area (Å²) in [5.41, 5.74) is 1.86. The largest absolute Gasteiger partial charge is 0.497 e. The van der Waals surface area contributed by atoms with Crippen molar-refractivity contribution in [3.05, 3.63) is 42.2 Å². The molecule has 1 atom stereocenters. The quantitative estimate of drug-likeness (QED) is 0.844. The summed E-state index contributed by atoms with van der Waals surface area (Å²) < 4.78 is 11.9. The minimum Gasteiger partial charge on any atom is -0.497 e. The number of likely N-dealkylation sites (N-methyl/N-ethyl adjacent to an activating group) is 1. The fourth-order valence-corrected chi connectivity index (χ4v) is 2.15. The molecule has 1 N–H and O–H groups in total. The van der Waals surface area contributed by atoms with Gasteiger partial charge in [0.15, 0.2) is 0 Å². The second-order valence-electron chi connectivity index (χ2n) is 5.50. The summed E-state index contributed by atoms with van der Waals surface area (Å²) in [6.45, 7) is 2.98. The molecular weight excluding hydrogens is 308 g/mol. The van der Waals surface area contributed by atoms with E-state index >= 15 is 0 Å². The summed E-state index contributed by atoms with van der Waals surface area (Å²) >= 11 is 0. The predicted molar refractivity (Wildman–Crippen MR) is 91.6 cm³/mol. The monoisotopic (exact) mass is 332 g/mol. The number of benzene rings is 1. The lowest BCUT2D eigenvalue weighted by molar-refractivity contribution is 0.158. The van der Waals surface area contributed by atoms with E-state index in [4.69, 9.17) is 9.47 Å². The molecule has 0 aliphatic rings. The first-order chi connectivity index (χ1) is 11.5. The highest BCUT2D eigenvalue weighted by Gasteiger charge is 2.14. The van der Waals surface area contributed by atoms with Gasteiger partial charge in [0.2, 0.25) is 0 Å². The number of aromatic nitrogens is 2. The molecule has 0 fully saturated rings. The van der Waals surface area contributed by atoms with Gasteiger partial charge in [0.05, 0.1) is 31.6 Å². The molecule has 24 heavy (non-hydrogen) atoms. The lowest BCUT2D eigenvalue weighted by Gasteiger charge is -2.20. The molecule has 0 bridgehead atoms. The van der Waals surface area contributed by atoms with E-state index in [2.05, 4.69) is 10.4 Å². The molecule has 0 aliphatic carbocycles. The van der Waals surface area contributed by atoms with Crippen LogP contribution in [0.4, 0.5) is 4.79 Å². The summed E-state index contributed by atoms with van der Waals surface area (Å²) in [6.07, 6.45) is 3.66. The van der Waals surface area contributed by atoms with Gasteiger partial charge < -0.3 is 19.7 Å². The van der Waals surface area contributed by atoms with Crippen LogP contribution in [-0.4, -0.2) is 55.1 Å². The molecule has 0 saturated heterocycles. The number of methoxy groups -OCH3 is 2. The number of urea groups is 1. The van der Waals surface area contributed by atoms with Gasteiger partial charge in [-0.2, -0.15) is 5.10 Å². The van der Waals surface area contributed by atoms with Gasteiger partial charge in [-0.3, -0.25) is 0 Å². The van der Waals surface area contributed by atoms with Gasteiger partial charge in [-0.05, 0) is 31.2 Å². The Labute approximate surface area is 142 Å². The summed E-state index contributed by atoms with van der Waals surface area (Å²) in [6, 6.07) is 7.33. The summed E-state index contributed by atoms with van der Waals surface area (Å²) in [7, 11) is 4.98. The Morgan fingerprint density at radius 3 is 2.67 bits per heavy atom. The van der Waals surface area contributed by atoms with E-state index < -0.39 is 0 Å². The summed E-state index contributed by atoms with van der Waals surface area (Å²) in [4.78, 5) is 13.7. The Morgan fingerprint density at radius 2 is 2.04 bits per heavy atom. The van der Waals surface area contributed by atoms with E-state index in [0.717, 1.165) is 17.0 Å². The van der Waals surface area contributed by atoms with Gasteiger partial charge in [0.1, 0.15) is 5.75 Å². The maximum atomic E-state index is 12.1. The van der Waals surface area contributed by atoms with Crippen LogP contribution in [0, 0.1) is 0 Å². The molecule has 0 spiro atoms. The van der Waals surface area contributed by atoms with Crippen molar-refractivity contribution in [2.75, 3.05) is 34.4 Å². The van der Waals surface area contributed by atoms with Gasteiger partial charge in [0.25, 0.3) is 0 Å². The van der Waals surface area contributed by atoms with Crippen molar-refractivity contribution < 1.29 is 14.3 Å². The van der Waals surface area contributed by atoms with Crippen LogP contribution in [0.1, 0.15) is 18.5 Å². The Bertz CT molecular complexity index is 654. The molecule has 1 aromatic carbocycles. The lowest BCUT2D eigenvalue weighted by Crippen LogP contribution is -2.40. The van der Waals surface area contributed by atoms with E-state index in [0.29, 0.717) is 13.2 Å². The Kier molecular flexibility index (Phi) is 6.20. The second-order valence-corrected chi connectivity index (χ2v) is 5.50. The van der Waals surface area contributed by atoms with Crippen LogP contribution >= 0.6 is 0 Å². The summed E-state index contributed by atoms with van der Waals surface area (Å²) in [5.74, 6) is 0.797. The third-order valence-electron chi connectivity index (χ3n) is 3.76. The van der Waals surface area contributed by atoms with E-state index in [1.807, 2.05) is 37.4 Å². The number of carbonyl (C=O) groups excluding carboxylic acids is 1. The molecule has 1 heterocycles. The standard InChI is InChI=1S/C17H24N4O3/c1-13(19-17(22)20(2)9-10-23-3)14-11-18-21(12-14)15-5-7-16(24-4)8-6-15/h5-8,11-13H,9-10H2,1-4H3,(H,19,22)/t13-/m0/s1. The highest BCUT2D eigenvalue weighted by molar-refractivity contribution is 5.74. The molecule has 1 aromatic heterocycles. The SMILES string of the molecule is COCCN(C)C(=O)N[C@@H](C)c1cnn(-c2ccc(OC)cc2)c1. The molecule has 0 saturated carbocycles. The van der Waals surface area contributed by atoms with Crippen molar-refractivity contribution in [3.8, 4) is 11.4 Å². The number of nitrogens with one attached hydrogen (secondary N) is 1. The zero-order chi connectivity index (χ0) is 17.5. The van der Waals surface area contributed by atoms with Gasteiger partial charge in [0, 0.05) is 32.5 Å². The van der Waals surface area contributed by atoms with Gasteiger partial charge in [-0.1, -0.05) is 0 Å². The first-order valence-electron chi connectivity index (χ1n) is 7.74. The second kappa shape index (κ2) is 8.35. The highest BCUT2D eigenvalue weighted by atomic mass is 16.5. The normalized spacial score (nSPS) is 11.8. The average molecular weight is 332 g/mol. The van der Waals surface area contributed by atoms with Crippen LogP contribution in [0.3, 0.4) is 0 Å². The van der Waals surface area contributed by atoms with E-state index in [9.17, 15) is 4.79 Å². The van der Waals surface area contributed by atoms with Crippen molar-refractivity contribution >= 4 is 6.03 Å². The van der Waals surface area contributed by atoms with Gasteiger partial charge in [-0.25, -0.2) is 9.48 Å². The Balaban J connectivity index is 1.99. The molecule has 7 heteroatoms. The van der Waals surface area contributed by atoms with E-state index in [-0.39, 0.29) is 12.1 Å². The van der Waals surface area contributed by atoms with Crippen LogP contribution in [0.5, 0.6) is 5.75 Å². The van der Waals surface area contributed by atoms with Crippen molar-refractivity contribution in [3.63, 3.8) is 0 Å². The topological polar surface area (TPSA) is 68.6 Å². The third-order valence-corrected chi connectivity index (χ3v) is 3.76. The Morgan fingerprint density at radius 1 is 1.33 bits per heavy atom. The zero-order valence-electron chi connectivity index (χ0n) is 14.5. The smallest absolute Gasteiger partial charge is 0.317 e. The number of ether oxygens (including phenoxy) is 2. The van der Waals surface area contributed by atoms with Crippen LogP contribution in [-0.2, 0) is 4.74 Å². The molecule has 2 amide bonds. The number of hydrogen-bond donors (Lipinski definition) is 1. The van der Waals surface area contributed by atoms with Gasteiger partial charge >= 0.3 is 6.03 Å². The molecule has 130 valence electrons. The minimum atomic E-state index is -0.144. The lowest BCUT2D eigenvalue weighted by atomic mass is 10.2. The van der Waals surface area contributed by atoms with E-state index in [1.54, 1.807) is 37.0 Å². The molecule has 0 aliphatic heterocycles. The minimum absolute atomic E-state index is 0.142. The van der Waals surface area contributed by atoms with Crippen LogP contribution < -0.4 is 10.1 Å². The van der Waals surface area contributed by atoms with Crippen LogP contribution in [0.15, 0.2) is 36.7 Å². The maximum absolute atomic E-state index is 12.1. The van der Waals surface area contributed by atoms with Crippen molar-refractivity contribution in [1.29, 1.82) is 0 Å². The van der Waals surface area contributed by atoms with Gasteiger partial charge in [-0.15, -0.1) is 0 Å². The zero-order valence-corrected chi connectivity index (χ0v) is 14.5. The maximum Gasteiger partial charge on any atom is 0.317 e. The van der Waals surface area contributed by atoms with Crippen molar-refractivity contribution in [2.45, 2.75) is 13.0 Å². The van der Waals surface area contributed by atoms with Crippen molar-refractivity contribution in [1.82, 2.24) is 20.0 Å². The third kappa shape index (κ3) is 4.48. The number of rotatable bonds is 7. The molecule has 0 unspecified atom stereocenters. The fraction of sp³-hybridized carbons (Fsp3) is 0.412. The number of nitrogens with zero attached hydrogens (tertiary/aromatic N) is 3. The fourth-order valence-electron chi connectivity index (χ4n) is 2.15. The molecule has 0 radical (unpaired) electrons. The number of carbonyl (C=O) groups is 1. The first kappa shape index (κ1) is 17.8. The average Bonchev–Trinajstić information content (AvgIpc) is 3.09. The molecule has 2 aromatic rings. The first-order valence-corrected chi connectivity index (χ1v) is 7.74. The highest BCUT2D eigenvalue weighted by Crippen LogP contribution is 2.17. The molecule has 7 nitrogen and oxygen atoms in total. The van der Waals surface area contributed by atoms with Crippen molar-refractivity contribution in [2.24, 2.45) is 0 Å².